The number of rotatable bonds is 6. The molecule has 4 rings (SSSR count). The standard InChI is InChI=1S/C21H22ClNO3/c1-14-2-5-16(6-3-14)21-11-17(21)12-23(13-21)8-9-26-19-7-4-15(20(24)25)10-18(19)22/h2-7,10,17H,8-9,11-13H2,1H3,(H,24,25). The van der Waals surface area contributed by atoms with E-state index in [0.717, 1.165) is 25.6 Å². The molecule has 1 aliphatic heterocycles. The third kappa shape index (κ3) is 3.19. The van der Waals surface area contributed by atoms with Crippen molar-refractivity contribution in [2.24, 2.45) is 5.92 Å². The van der Waals surface area contributed by atoms with Gasteiger partial charge in [-0.3, -0.25) is 4.90 Å². The molecule has 1 N–H and O–H groups in total. The van der Waals surface area contributed by atoms with Gasteiger partial charge in [0.05, 0.1) is 10.6 Å². The quantitative estimate of drug-likeness (QED) is 0.833. The van der Waals surface area contributed by atoms with Crippen molar-refractivity contribution in [1.82, 2.24) is 4.90 Å². The van der Waals surface area contributed by atoms with E-state index in [1.54, 1.807) is 6.07 Å². The van der Waals surface area contributed by atoms with Crippen molar-refractivity contribution in [2.45, 2.75) is 18.8 Å². The fourth-order valence-corrected chi connectivity index (χ4v) is 4.36. The van der Waals surface area contributed by atoms with Crippen molar-refractivity contribution in [3.05, 3.63) is 64.2 Å². The molecule has 0 spiro atoms. The molecule has 0 aromatic heterocycles. The molecular formula is C21H22ClNO3. The average molecular weight is 372 g/mol. The Morgan fingerprint density at radius 3 is 2.77 bits per heavy atom. The van der Waals surface area contributed by atoms with E-state index in [9.17, 15) is 4.79 Å². The van der Waals surface area contributed by atoms with Crippen molar-refractivity contribution in [1.29, 1.82) is 0 Å². The Kier molecular flexibility index (Phi) is 4.41. The van der Waals surface area contributed by atoms with Crippen LogP contribution in [0.4, 0.5) is 0 Å². The first-order valence-corrected chi connectivity index (χ1v) is 9.31. The number of likely N-dealkylation sites (tertiary alicyclic amines) is 1. The molecule has 1 saturated heterocycles. The first kappa shape index (κ1) is 17.4. The molecule has 1 saturated carbocycles. The largest absolute Gasteiger partial charge is 0.491 e. The first-order chi connectivity index (χ1) is 12.5. The molecule has 0 radical (unpaired) electrons. The number of carboxylic acids is 1. The SMILES string of the molecule is Cc1ccc(C23CC2CN(CCOc2ccc(C(=O)O)cc2Cl)C3)cc1. The van der Waals surface area contributed by atoms with Crippen molar-refractivity contribution in [3.63, 3.8) is 0 Å². The van der Waals surface area contributed by atoms with E-state index in [-0.39, 0.29) is 5.56 Å². The number of aromatic carboxylic acids is 1. The van der Waals surface area contributed by atoms with E-state index in [2.05, 4.69) is 36.1 Å². The van der Waals surface area contributed by atoms with Gasteiger partial charge in [-0.2, -0.15) is 0 Å². The number of benzene rings is 2. The highest BCUT2D eigenvalue weighted by Gasteiger charge is 2.60. The van der Waals surface area contributed by atoms with Crippen LogP contribution in [0.3, 0.4) is 0 Å². The number of hydrogen-bond acceptors (Lipinski definition) is 3. The minimum absolute atomic E-state index is 0.169. The maximum Gasteiger partial charge on any atom is 0.335 e. The number of halogens is 1. The molecule has 5 heteroatoms. The maximum absolute atomic E-state index is 10.9. The summed E-state index contributed by atoms with van der Waals surface area (Å²) in [5, 5.41) is 9.31. The summed E-state index contributed by atoms with van der Waals surface area (Å²) in [5.74, 6) is 0.300. The van der Waals surface area contributed by atoms with Gasteiger partial charge >= 0.3 is 5.97 Å². The zero-order valence-corrected chi connectivity index (χ0v) is 15.5. The van der Waals surface area contributed by atoms with Gasteiger partial charge in [0.1, 0.15) is 12.4 Å². The second kappa shape index (κ2) is 6.60. The van der Waals surface area contributed by atoms with Crippen LogP contribution in [0.5, 0.6) is 5.75 Å². The van der Waals surface area contributed by atoms with Crippen LogP contribution in [-0.2, 0) is 5.41 Å². The summed E-state index contributed by atoms with van der Waals surface area (Å²) in [7, 11) is 0. The van der Waals surface area contributed by atoms with Gasteiger partial charge in [-0.25, -0.2) is 4.79 Å². The molecule has 1 aliphatic carbocycles. The molecule has 2 aliphatic rings. The molecular weight excluding hydrogens is 350 g/mol. The maximum atomic E-state index is 10.9. The predicted molar refractivity (Wildman–Crippen MR) is 101 cm³/mol. The number of ether oxygens (including phenoxy) is 1. The summed E-state index contributed by atoms with van der Waals surface area (Å²) in [4.78, 5) is 13.4. The molecule has 26 heavy (non-hydrogen) atoms. The Morgan fingerprint density at radius 1 is 1.31 bits per heavy atom. The van der Waals surface area contributed by atoms with Crippen molar-refractivity contribution >= 4 is 17.6 Å². The van der Waals surface area contributed by atoms with Gasteiger partial charge < -0.3 is 9.84 Å². The predicted octanol–water partition coefficient (Wildman–Crippen LogP) is 4.00. The Morgan fingerprint density at radius 2 is 2.08 bits per heavy atom. The van der Waals surface area contributed by atoms with Crippen LogP contribution in [0, 0.1) is 12.8 Å². The smallest absolute Gasteiger partial charge is 0.335 e. The summed E-state index contributed by atoms with van der Waals surface area (Å²) in [6.45, 7) is 5.71. The lowest BCUT2D eigenvalue weighted by Crippen LogP contribution is -2.30. The van der Waals surface area contributed by atoms with Gasteiger partial charge in [-0.05, 0) is 43.0 Å². The lowest BCUT2D eigenvalue weighted by Gasteiger charge is -2.21. The summed E-state index contributed by atoms with van der Waals surface area (Å²) in [5.41, 5.74) is 3.27. The van der Waals surface area contributed by atoms with Crippen LogP contribution in [0.15, 0.2) is 42.5 Å². The molecule has 2 fully saturated rings. The summed E-state index contributed by atoms with van der Waals surface area (Å²) in [6.07, 6.45) is 1.29. The molecule has 2 aromatic rings. The minimum Gasteiger partial charge on any atom is -0.491 e. The summed E-state index contributed by atoms with van der Waals surface area (Å²) in [6, 6.07) is 13.5. The van der Waals surface area contributed by atoms with Crippen LogP contribution in [0.1, 0.15) is 27.9 Å². The van der Waals surface area contributed by atoms with Crippen molar-refractivity contribution in [2.75, 3.05) is 26.2 Å². The van der Waals surface area contributed by atoms with E-state index in [1.165, 1.54) is 29.7 Å². The van der Waals surface area contributed by atoms with Crippen LogP contribution in [0.2, 0.25) is 5.02 Å². The number of aryl methyl sites for hydroxylation is 1. The van der Waals surface area contributed by atoms with E-state index in [4.69, 9.17) is 21.4 Å². The van der Waals surface area contributed by atoms with Crippen LogP contribution < -0.4 is 4.74 Å². The first-order valence-electron chi connectivity index (χ1n) is 8.93. The zero-order valence-electron chi connectivity index (χ0n) is 14.7. The van der Waals surface area contributed by atoms with E-state index < -0.39 is 5.97 Å². The van der Waals surface area contributed by atoms with Crippen LogP contribution >= 0.6 is 11.6 Å². The Labute approximate surface area is 158 Å². The van der Waals surface area contributed by atoms with E-state index in [0.29, 0.717) is 22.8 Å². The number of nitrogens with zero attached hydrogens (tertiary/aromatic N) is 1. The molecule has 4 nitrogen and oxygen atoms in total. The Balaban J connectivity index is 1.32. The van der Waals surface area contributed by atoms with Gasteiger partial charge in [0.25, 0.3) is 0 Å². The molecule has 0 amide bonds. The number of carbonyl (C=O) groups is 1. The molecule has 2 atom stereocenters. The Hall–Kier alpha value is -2.04. The second-order valence-corrected chi connectivity index (χ2v) is 7.86. The average Bonchev–Trinajstić information content (AvgIpc) is 3.18. The van der Waals surface area contributed by atoms with E-state index in [1.807, 2.05) is 0 Å². The number of piperidine rings is 1. The molecule has 136 valence electrons. The topological polar surface area (TPSA) is 49.8 Å². The summed E-state index contributed by atoms with van der Waals surface area (Å²) < 4.78 is 5.77. The minimum atomic E-state index is -0.990. The van der Waals surface area contributed by atoms with Crippen LogP contribution in [0.25, 0.3) is 0 Å². The fraction of sp³-hybridized carbons (Fsp3) is 0.381. The third-order valence-electron chi connectivity index (χ3n) is 5.69. The number of hydrogen-bond donors (Lipinski definition) is 1. The third-order valence-corrected chi connectivity index (χ3v) is 5.98. The number of fused-ring (bicyclic) bond motifs is 1. The molecule has 0 bridgehead atoms. The van der Waals surface area contributed by atoms with Gasteiger partial charge in [0.2, 0.25) is 0 Å². The zero-order chi connectivity index (χ0) is 18.3. The molecule has 2 aromatic carbocycles. The summed E-state index contributed by atoms with van der Waals surface area (Å²) >= 11 is 6.11. The lowest BCUT2D eigenvalue weighted by atomic mass is 9.94. The van der Waals surface area contributed by atoms with E-state index >= 15 is 0 Å². The monoisotopic (exact) mass is 371 g/mol. The highest BCUT2D eigenvalue weighted by atomic mass is 35.5. The fourth-order valence-electron chi connectivity index (χ4n) is 4.13. The van der Waals surface area contributed by atoms with Crippen LogP contribution in [-0.4, -0.2) is 42.2 Å². The van der Waals surface area contributed by atoms with Gasteiger partial charge in [-0.1, -0.05) is 41.4 Å². The number of carboxylic acid groups (broad SMARTS) is 1. The highest BCUT2D eigenvalue weighted by Crippen LogP contribution is 2.58. The van der Waals surface area contributed by atoms with Crippen molar-refractivity contribution < 1.29 is 14.6 Å². The molecule has 1 heterocycles. The second-order valence-electron chi connectivity index (χ2n) is 7.46. The van der Waals surface area contributed by atoms with Gasteiger partial charge in [-0.15, -0.1) is 0 Å². The van der Waals surface area contributed by atoms with Crippen molar-refractivity contribution in [3.8, 4) is 5.75 Å². The normalized spacial score (nSPS) is 24.3. The van der Waals surface area contributed by atoms with Gasteiger partial charge in [0.15, 0.2) is 0 Å². The Bertz CT molecular complexity index is 836. The lowest BCUT2D eigenvalue weighted by molar-refractivity contribution is 0.0697. The van der Waals surface area contributed by atoms with Gasteiger partial charge in [0, 0.05) is 25.0 Å². The highest BCUT2D eigenvalue weighted by molar-refractivity contribution is 6.32. The molecule has 2 unspecified atom stereocenters.